The quantitative estimate of drug-likeness (QED) is 0.374. The van der Waals surface area contributed by atoms with E-state index in [9.17, 15) is 0 Å². The minimum Gasteiger partial charge on any atom is -0.479 e. The van der Waals surface area contributed by atoms with E-state index in [0.29, 0.717) is 0 Å². The van der Waals surface area contributed by atoms with Crippen molar-refractivity contribution in [3.63, 3.8) is 0 Å². The number of ether oxygens (including phenoxy) is 1. The van der Waals surface area contributed by atoms with Crippen LogP contribution in [-0.4, -0.2) is 19.0 Å². The van der Waals surface area contributed by atoms with Crippen LogP contribution in [-0.2, 0) is 4.74 Å². The van der Waals surface area contributed by atoms with Gasteiger partial charge in [0, 0.05) is 14.0 Å². The molecule has 0 aromatic heterocycles. The molecule has 0 spiro atoms. The van der Waals surface area contributed by atoms with Crippen LogP contribution in [0.2, 0.25) is 0 Å². The van der Waals surface area contributed by atoms with Crippen molar-refractivity contribution in [1.29, 1.82) is 0 Å². The van der Waals surface area contributed by atoms with Crippen molar-refractivity contribution >= 4 is 5.90 Å². The average Bonchev–Trinajstić information content (AvgIpc) is 1.65. The second-order valence-corrected chi connectivity index (χ2v) is 1.91. The topological polar surface area (TPSA) is 21.6 Å². The van der Waals surface area contributed by atoms with E-state index >= 15 is 0 Å². The van der Waals surface area contributed by atoms with Crippen LogP contribution in [0.1, 0.15) is 20.8 Å². The zero-order chi connectivity index (χ0) is 6.57. The Morgan fingerprint density at radius 3 is 2.12 bits per heavy atom. The molecule has 0 saturated heterocycles. The van der Waals surface area contributed by atoms with E-state index in [1.54, 1.807) is 7.05 Å². The van der Waals surface area contributed by atoms with Gasteiger partial charge in [0.25, 0.3) is 0 Å². The number of aliphatic imine (C=N–C) groups is 1. The summed E-state index contributed by atoms with van der Waals surface area (Å²) in [6.07, 6.45) is 0.249. The molecule has 0 aliphatic heterocycles. The summed E-state index contributed by atoms with van der Waals surface area (Å²) in [5.41, 5.74) is 0. The summed E-state index contributed by atoms with van der Waals surface area (Å²) in [7, 11) is 1.72. The summed E-state index contributed by atoms with van der Waals surface area (Å²) in [5.74, 6) is 0.750. The van der Waals surface area contributed by atoms with Crippen molar-refractivity contribution in [3.8, 4) is 0 Å². The number of rotatable bonds is 1. The molecule has 2 heteroatoms. The molecule has 0 atom stereocenters. The Labute approximate surface area is 50.6 Å². The molecule has 0 fully saturated rings. The first-order chi connectivity index (χ1) is 3.66. The number of nitrogens with zero attached hydrogens (tertiary/aromatic N) is 1. The molecule has 48 valence electrons. The molecule has 8 heavy (non-hydrogen) atoms. The molecular formula is C6H13NO. The Balaban J connectivity index is 3.39. The summed E-state index contributed by atoms with van der Waals surface area (Å²) in [4.78, 5) is 3.82. The molecule has 0 radical (unpaired) electrons. The number of hydrogen-bond acceptors (Lipinski definition) is 2. The van der Waals surface area contributed by atoms with Gasteiger partial charge >= 0.3 is 0 Å². The number of hydrogen-bond donors (Lipinski definition) is 0. The van der Waals surface area contributed by atoms with Crippen LogP contribution in [0.25, 0.3) is 0 Å². The maximum absolute atomic E-state index is 5.15. The molecule has 0 rings (SSSR count). The minimum atomic E-state index is 0.249. The zero-order valence-electron chi connectivity index (χ0n) is 5.93. The molecule has 0 saturated carbocycles. The van der Waals surface area contributed by atoms with Crippen molar-refractivity contribution in [1.82, 2.24) is 0 Å². The third-order valence-corrected chi connectivity index (χ3v) is 0.721. The van der Waals surface area contributed by atoms with E-state index < -0.39 is 0 Å². The van der Waals surface area contributed by atoms with E-state index in [4.69, 9.17) is 4.74 Å². The standard InChI is InChI=1S/C6H13NO/c1-5(2)8-6(3)7-4/h5H,1-4H3/b7-6+. The second-order valence-electron chi connectivity index (χ2n) is 1.91. The van der Waals surface area contributed by atoms with E-state index in [1.807, 2.05) is 20.8 Å². The normalized spacial score (nSPS) is 12.4. The van der Waals surface area contributed by atoms with Crippen LogP contribution in [0, 0.1) is 0 Å². The van der Waals surface area contributed by atoms with Crippen LogP contribution in [0.15, 0.2) is 4.99 Å². The van der Waals surface area contributed by atoms with Gasteiger partial charge in [-0.25, -0.2) is 0 Å². The molecule has 0 aliphatic rings. The van der Waals surface area contributed by atoms with Crippen LogP contribution < -0.4 is 0 Å². The highest BCUT2D eigenvalue weighted by Gasteiger charge is 1.91. The fourth-order valence-corrected chi connectivity index (χ4v) is 0.394. The maximum Gasteiger partial charge on any atom is 0.179 e. The highest BCUT2D eigenvalue weighted by molar-refractivity contribution is 5.72. The second kappa shape index (κ2) is 3.47. The maximum atomic E-state index is 5.15. The van der Waals surface area contributed by atoms with E-state index in [0.717, 1.165) is 5.90 Å². The van der Waals surface area contributed by atoms with Crippen LogP contribution in [0.5, 0.6) is 0 Å². The fraction of sp³-hybridized carbons (Fsp3) is 0.833. The van der Waals surface area contributed by atoms with E-state index in [1.165, 1.54) is 0 Å². The van der Waals surface area contributed by atoms with Crippen LogP contribution in [0.3, 0.4) is 0 Å². The lowest BCUT2D eigenvalue weighted by molar-refractivity contribution is 0.226. The summed E-state index contributed by atoms with van der Waals surface area (Å²) >= 11 is 0. The molecule has 0 heterocycles. The smallest absolute Gasteiger partial charge is 0.179 e. The van der Waals surface area contributed by atoms with Crippen molar-refractivity contribution in [2.75, 3.05) is 7.05 Å². The molecule has 0 N–H and O–H groups in total. The first-order valence-electron chi connectivity index (χ1n) is 2.77. The van der Waals surface area contributed by atoms with Gasteiger partial charge in [0.1, 0.15) is 0 Å². The van der Waals surface area contributed by atoms with Gasteiger partial charge in [-0.1, -0.05) is 0 Å². The Hall–Kier alpha value is -0.530. The highest BCUT2D eigenvalue weighted by atomic mass is 16.5. The first kappa shape index (κ1) is 7.47. The third-order valence-electron chi connectivity index (χ3n) is 0.721. The minimum absolute atomic E-state index is 0.249. The third kappa shape index (κ3) is 3.65. The zero-order valence-corrected chi connectivity index (χ0v) is 5.93. The van der Waals surface area contributed by atoms with Gasteiger partial charge in [-0.05, 0) is 13.8 Å². The Bertz CT molecular complexity index is 86.5. The first-order valence-corrected chi connectivity index (χ1v) is 2.77. The van der Waals surface area contributed by atoms with Gasteiger partial charge in [0.15, 0.2) is 5.90 Å². The lowest BCUT2D eigenvalue weighted by atomic mass is 10.5. The molecule has 2 nitrogen and oxygen atoms in total. The molecule has 0 unspecified atom stereocenters. The molecule has 0 bridgehead atoms. The monoisotopic (exact) mass is 115 g/mol. The Morgan fingerprint density at radius 2 is 2.00 bits per heavy atom. The molecule has 0 aromatic rings. The average molecular weight is 115 g/mol. The fourth-order valence-electron chi connectivity index (χ4n) is 0.394. The van der Waals surface area contributed by atoms with Gasteiger partial charge in [-0.2, -0.15) is 0 Å². The summed E-state index contributed by atoms with van der Waals surface area (Å²) in [6, 6.07) is 0. The predicted octanol–water partition coefficient (Wildman–Crippen LogP) is 1.46. The lowest BCUT2D eigenvalue weighted by Crippen LogP contribution is -2.07. The lowest BCUT2D eigenvalue weighted by Gasteiger charge is -2.06. The van der Waals surface area contributed by atoms with Crippen LogP contribution in [0.4, 0.5) is 0 Å². The predicted molar refractivity (Wildman–Crippen MR) is 35.3 cm³/mol. The van der Waals surface area contributed by atoms with Crippen molar-refractivity contribution < 1.29 is 4.74 Å². The van der Waals surface area contributed by atoms with Crippen molar-refractivity contribution in [2.45, 2.75) is 26.9 Å². The molecule has 0 aromatic carbocycles. The summed E-state index contributed by atoms with van der Waals surface area (Å²) in [5, 5.41) is 0. The highest BCUT2D eigenvalue weighted by Crippen LogP contribution is 1.88. The molecule has 0 aliphatic carbocycles. The largest absolute Gasteiger partial charge is 0.479 e. The van der Waals surface area contributed by atoms with Crippen LogP contribution >= 0.6 is 0 Å². The van der Waals surface area contributed by atoms with E-state index in [2.05, 4.69) is 4.99 Å². The molecule has 0 amide bonds. The summed E-state index contributed by atoms with van der Waals surface area (Å²) < 4.78 is 5.15. The van der Waals surface area contributed by atoms with Gasteiger partial charge in [0.05, 0.1) is 6.10 Å². The Morgan fingerprint density at radius 1 is 1.50 bits per heavy atom. The van der Waals surface area contributed by atoms with Gasteiger partial charge in [0.2, 0.25) is 0 Å². The van der Waals surface area contributed by atoms with E-state index in [-0.39, 0.29) is 6.10 Å². The van der Waals surface area contributed by atoms with Gasteiger partial charge in [-0.15, -0.1) is 0 Å². The summed E-state index contributed by atoms with van der Waals surface area (Å²) in [6.45, 7) is 5.81. The molecular weight excluding hydrogens is 102 g/mol. The van der Waals surface area contributed by atoms with Crippen molar-refractivity contribution in [3.05, 3.63) is 0 Å². The van der Waals surface area contributed by atoms with Crippen molar-refractivity contribution in [2.24, 2.45) is 4.99 Å². The Kier molecular flexibility index (Phi) is 3.24. The van der Waals surface area contributed by atoms with Gasteiger partial charge < -0.3 is 4.74 Å². The SMILES string of the molecule is C/N=C(\C)OC(C)C. The van der Waals surface area contributed by atoms with Gasteiger partial charge in [-0.3, -0.25) is 4.99 Å².